The van der Waals surface area contributed by atoms with Crippen LogP contribution in [0.15, 0.2) is 24.3 Å². The molecule has 1 saturated carbocycles. The van der Waals surface area contributed by atoms with E-state index in [0.717, 1.165) is 37.7 Å². The van der Waals surface area contributed by atoms with E-state index in [1.54, 1.807) is 12.1 Å². The SMILES string of the molecule is CC(NC(=O)NC1CCCCCC1CO)c1ccc(C#N)cc1. The topological polar surface area (TPSA) is 85.2 Å². The lowest BCUT2D eigenvalue weighted by Gasteiger charge is -2.25. The number of urea groups is 1. The summed E-state index contributed by atoms with van der Waals surface area (Å²) in [4.78, 5) is 12.2. The van der Waals surface area contributed by atoms with E-state index in [1.807, 2.05) is 19.1 Å². The van der Waals surface area contributed by atoms with Crippen molar-refractivity contribution in [3.8, 4) is 6.07 Å². The minimum atomic E-state index is -0.202. The van der Waals surface area contributed by atoms with Crippen molar-refractivity contribution < 1.29 is 9.90 Å². The highest BCUT2D eigenvalue weighted by atomic mass is 16.3. The molecule has 5 heteroatoms. The van der Waals surface area contributed by atoms with Crippen molar-refractivity contribution in [2.24, 2.45) is 5.92 Å². The molecule has 5 nitrogen and oxygen atoms in total. The Labute approximate surface area is 137 Å². The quantitative estimate of drug-likeness (QED) is 0.747. The molecule has 0 aliphatic heterocycles. The average Bonchev–Trinajstić information content (AvgIpc) is 2.79. The van der Waals surface area contributed by atoms with Gasteiger partial charge in [-0.1, -0.05) is 31.4 Å². The van der Waals surface area contributed by atoms with E-state index >= 15 is 0 Å². The van der Waals surface area contributed by atoms with Gasteiger partial charge in [0.1, 0.15) is 0 Å². The highest BCUT2D eigenvalue weighted by molar-refractivity contribution is 5.74. The van der Waals surface area contributed by atoms with Gasteiger partial charge in [-0.05, 0) is 37.5 Å². The molecule has 0 radical (unpaired) electrons. The summed E-state index contributed by atoms with van der Waals surface area (Å²) in [5, 5.41) is 24.3. The Hall–Kier alpha value is -2.06. The Kier molecular flexibility index (Phi) is 6.42. The molecule has 1 aliphatic rings. The largest absolute Gasteiger partial charge is 0.396 e. The zero-order valence-electron chi connectivity index (χ0n) is 13.6. The summed E-state index contributed by atoms with van der Waals surface area (Å²) >= 11 is 0. The molecule has 1 fully saturated rings. The molecule has 3 N–H and O–H groups in total. The van der Waals surface area contributed by atoms with E-state index in [-0.39, 0.29) is 30.6 Å². The number of rotatable bonds is 4. The van der Waals surface area contributed by atoms with Crippen molar-refractivity contribution in [2.75, 3.05) is 6.61 Å². The van der Waals surface area contributed by atoms with Gasteiger partial charge in [0.2, 0.25) is 0 Å². The molecule has 0 saturated heterocycles. The Morgan fingerprint density at radius 2 is 2.00 bits per heavy atom. The van der Waals surface area contributed by atoms with E-state index < -0.39 is 0 Å². The molecule has 1 aromatic rings. The Bertz CT molecular complexity index is 550. The van der Waals surface area contributed by atoms with Crippen LogP contribution in [0, 0.1) is 17.2 Å². The van der Waals surface area contributed by atoms with Crippen LogP contribution in [0.1, 0.15) is 56.2 Å². The van der Waals surface area contributed by atoms with Gasteiger partial charge in [-0.3, -0.25) is 0 Å². The normalized spacial score (nSPS) is 22.5. The van der Waals surface area contributed by atoms with Gasteiger partial charge in [-0.25, -0.2) is 4.79 Å². The molecular weight excluding hydrogens is 290 g/mol. The summed E-state index contributed by atoms with van der Waals surface area (Å²) < 4.78 is 0. The van der Waals surface area contributed by atoms with Gasteiger partial charge < -0.3 is 15.7 Å². The molecule has 0 bridgehead atoms. The van der Waals surface area contributed by atoms with Crippen LogP contribution < -0.4 is 10.6 Å². The third-order valence-corrected chi connectivity index (χ3v) is 4.60. The maximum absolute atomic E-state index is 12.2. The minimum Gasteiger partial charge on any atom is -0.396 e. The third kappa shape index (κ3) is 4.97. The predicted octanol–water partition coefficient (Wildman–Crippen LogP) is 2.86. The molecule has 0 aromatic heterocycles. The number of amides is 2. The molecule has 124 valence electrons. The molecule has 0 heterocycles. The lowest BCUT2D eigenvalue weighted by Crippen LogP contribution is -2.46. The first-order chi connectivity index (χ1) is 11.1. The number of hydrogen-bond acceptors (Lipinski definition) is 3. The summed E-state index contributed by atoms with van der Waals surface area (Å²) in [6.45, 7) is 2.04. The maximum Gasteiger partial charge on any atom is 0.315 e. The van der Waals surface area contributed by atoms with Crippen molar-refractivity contribution in [1.82, 2.24) is 10.6 Å². The average molecular weight is 315 g/mol. The van der Waals surface area contributed by atoms with Gasteiger partial charge in [0, 0.05) is 18.6 Å². The predicted molar refractivity (Wildman–Crippen MR) is 88.7 cm³/mol. The molecule has 2 amide bonds. The zero-order chi connectivity index (χ0) is 16.7. The third-order valence-electron chi connectivity index (χ3n) is 4.60. The number of benzene rings is 1. The van der Waals surface area contributed by atoms with Crippen LogP contribution in [-0.2, 0) is 0 Å². The van der Waals surface area contributed by atoms with Gasteiger partial charge in [0.25, 0.3) is 0 Å². The lowest BCUT2D eigenvalue weighted by atomic mass is 9.96. The molecular formula is C18H25N3O2. The monoisotopic (exact) mass is 315 g/mol. The van der Waals surface area contributed by atoms with Gasteiger partial charge >= 0.3 is 6.03 Å². The zero-order valence-corrected chi connectivity index (χ0v) is 13.6. The second-order valence-corrected chi connectivity index (χ2v) is 6.26. The Morgan fingerprint density at radius 1 is 1.30 bits per heavy atom. The van der Waals surface area contributed by atoms with Crippen LogP contribution in [0.25, 0.3) is 0 Å². The second kappa shape index (κ2) is 8.54. The van der Waals surface area contributed by atoms with E-state index in [2.05, 4.69) is 16.7 Å². The number of aliphatic hydroxyl groups is 1. The van der Waals surface area contributed by atoms with Crippen LogP contribution in [0.5, 0.6) is 0 Å². The fourth-order valence-electron chi connectivity index (χ4n) is 3.13. The number of hydrogen-bond donors (Lipinski definition) is 3. The van der Waals surface area contributed by atoms with Crippen molar-refractivity contribution in [2.45, 2.75) is 51.1 Å². The molecule has 3 atom stereocenters. The standard InChI is InChI=1S/C18H25N3O2/c1-13(15-9-7-14(11-19)8-10-15)20-18(23)21-17-6-4-2-3-5-16(17)12-22/h7-10,13,16-17,22H,2-6,12H2,1H3,(H2,20,21,23). The van der Waals surface area contributed by atoms with Gasteiger partial charge in [-0.15, -0.1) is 0 Å². The summed E-state index contributed by atoms with van der Waals surface area (Å²) in [6, 6.07) is 8.98. The lowest BCUT2D eigenvalue weighted by molar-refractivity contribution is 0.178. The van der Waals surface area contributed by atoms with Crippen molar-refractivity contribution >= 4 is 6.03 Å². The van der Waals surface area contributed by atoms with E-state index in [1.165, 1.54) is 0 Å². The van der Waals surface area contributed by atoms with Crippen LogP contribution >= 0.6 is 0 Å². The summed E-state index contributed by atoms with van der Waals surface area (Å²) in [6.07, 6.45) is 5.26. The van der Waals surface area contributed by atoms with Gasteiger partial charge in [-0.2, -0.15) is 5.26 Å². The van der Waals surface area contributed by atoms with Gasteiger partial charge in [0.15, 0.2) is 0 Å². The second-order valence-electron chi connectivity index (χ2n) is 6.26. The fraction of sp³-hybridized carbons (Fsp3) is 0.556. The van der Waals surface area contributed by atoms with Gasteiger partial charge in [0.05, 0.1) is 17.7 Å². The molecule has 0 spiro atoms. The molecule has 3 unspecified atom stereocenters. The number of carbonyl (C=O) groups excluding carboxylic acids is 1. The van der Waals surface area contributed by atoms with E-state index in [0.29, 0.717) is 5.56 Å². The minimum absolute atomic E-state index is 0.0377. The number of nitrogens with one attached hydrogen (secondary N) is 2. The molecule has 1 aromatic carbocycles. The van der Waals surface area contributed by atoms with E-state index in [9.17, 15) is 9.90 Å². The highest BCUT2D eigenvalue weighted by Crippen LogP contribution is 2.23. The van der Waals surface area contributed by atoms with Crippen LogP contribution in [0.2, 0.25) is 0 Å². The summed E-state index contributed by atoms with van der Waals surface area (Å²) in [5.74, 6) is 0.147. The van der Waals surface area contributed by atoms with Crippen molar-refractivity contribution in [3.63, 3.8) is 0 Å². The van der Waals surface area contributed by atoms with Crippen molar-refractivity contribution in [1.29, 1.82) is 5.26 Å². The molecule has 2 rings (SSSR count). The highest BCUT2D eigenvalue weighted by Gasteiger charge is 2.25. The van der Waals surface area contributed by atoms with Crippen LogP contribution in [0.4, 0.5) is 4.79 Å². The van der Waals surface area contributed by atoms with Crippen molar-refractivity contribution in [3.05, 3.63) is 35.4 Å². The number of nitriles is 1. The molecule has 1 aliphatic carbocycles. The summed E-state index contributed by atoms with van der Waals surface area (Å²) in [5.41, 5.74) is 1.56. The Balaban J connectivity index is 1.90. The number of aliphatic hydroxyl groups excluding tert-OH is 1. The smallest absolute Gasteiger partial charge is 0.315 e. The maximum atomic E-state index is 12.2. The van der Waals surface area contributed by atoms with E-state index in [4.69, 9.17) is 5.26 Å². The molecule has 23 heavy (non-hydrogen) atoms. The first-order valence-electron chi connectivity index (χ1n) is 8.32. The van der Waals surface area contributed by atoms with Crippen LogP contribution in [-0.4, -0.2) is 23.8 Å². The number of carbonyl (C=O) groups is 1. The Morgan fingerprint density at radius 3 is 2.65 bits per heavy atom. The first kappa shape index (κ1) is 17.3. The van der Waals surface area contributed by atoms with Crippen LogP contribution in [0.3, 0.4) is 0 Å². The number of nitrogens with zero attached hydrogens (tertiary/aromatic N) is 1. The summed E-state index contributed by atoms with van der Waals surface area (Å²) in [7, 11) is 0. The first-order valence-corrected chi connectivity index (χ1v) is 8.32. The fourth-order valence-corrected chi connectivity index (χ4v) is 3.13.